The topological polar surface area (TPSA) is 131 Å². The number of primary amides is 1. The van der Waals surface area contributed by atoms with Crippen molar-refractivity contribution in [2.24, 2.45) is 5.73 Å². The van der Waals surface area contributed by atoms with Gasteiger partial charge in [-0.3, -0.25) is 14.4 Å². The minimum absolute atomic E-state index is 0.240. The van der Waals surface area contributed by atoms with Gasteiger partial charge in [0.25, 0.3) is 0 Å². The van der Waals surface area contributed by atoms with Crippen LogP contribution in [0.3, 0.4) is 0 Å². The van der Waals surface area contributed by atoms with Crippen molar-refractivity contribution in [3.05, 3.63) is 35.4 Å². The monoisotopic (exact) mass is 476 g/mol. The fourth-order valence-corrected chi connectivity index (χ4v) is 3.37. The summed E-state index contributed by atoms with van der Waals surface area (Å²) in [7, 11) is 0. The van der Waals surface area contributed by atoms with Gasteiger partial charge in [-0.25, -0.2) is 4.79 Å². The highest BCUT2D eigenvalue weighted by molar-refractivity contribution is 5.94. The maximum atomic E-state index is 13.7. The normalized spacial score (nSPS) is 12.9. The summed E-state index contributed by atoms with van der Waals surface area (Å²) in [5.41, 5.74) is 6.23. The predicted octanol–water partition coefficient (Wildman–Crippen LogP) is 2.96. The second-order valence-corrected chi connectivity index (χ2v) is 9.36. The molecular weight excluding hydrogens is 436 g/mol. The molecule has 0 saturated carbocycles. The molecule has 4 N–H and O–H groups in total. The third kappa shape index (κ3) is 9.80. The lowest BCUT2D eigenvalue weighted by Crippen LogP contribution is -2.54. The summed E-state index contributed by atoms with van der Waals surface area (Å²) in [4.78, 5) is 52.4. The molecule has 1 rings (SSSR count). The Morgan fingerprint density at radius 2 is 1.68 bits per heavy atom. The summed E-state index contributed by atoms with van der Waals surface area (Å²) in [6, 6.07) is 5.15. The number of nitrogens with zero attached hydrogens (tertiary/aromatic N) is 1. The first-order valence-electron chi connectivity index (χ1n) is 11.8. The molecule has 2 unspecified atom stereocenters. The van der Waals surface area contributed by atoms with Gasteiger partial charge in [-0.15, -0.1) is 0 Å². The number of alkyl carbamates (subject to hydrolysis) is 1. The fourth-order valence-electron chi connectivity index (χ4n) is 3.37. The zero-order valence-corrected chi connectivity index (χ0v) is 21.3. The Balaban J connectivity index is 3.35. The fraction of sp³-hybridized carbons (Fsp3) is 0.600. The molecule has 0 aliphatic heterocycles. The van der Waals surface area contributed by atoms with Gasteiger partial charge in [0.1, 0.15) is 17.7 Å². The molecule has 1 aromatic carbocycles. The van der Waals surface area contributed by atoms with Gasteiger partial charge < -0.3 is 26.0 Å². The van der Waals surface area contributed by atoms with Crippen LogP contribution in [0.5, 0.6) is 0 Å². The summed E-state index contributed by atoms with van der Waals surface area (Å²) in [6.45, 7) is 11.6. The van der Waals surface area contributed by atoms with E-state index in [4.69, 9.17) is 10.5 Å². The molecule has 4 amide bonds. The number of benzene rings is 1. The van der Waals surface area contributed by atoms with Gasteiger partial charge in [-0.1, -0.05) is 50.1 Å². The van der Waals surface area contributed by atoms with Crippen LogP contribution < -0.4 is 16.4 Å². The number of unbranched alkanes of at least 4 members (excludes halogenated alkanes) is 1. The average Bonchev–Trinajstić information content (AvgIpc) is 2.72. The van der Waals surface area contributed by atoms with Gasteiger partial charge in [-0.05, 0) is 46.1 Å². The van der Waals surface area contributed by atoms with Gasteiger partial charge in [0.2, 0.25) is 17.7 Å². The van der Waals surface area contributed by atoms with Crippen molar-refractivity contribution in [1.29, 1.82) is 0 Å². The first-order valence-corrected chi connectivity index (χ1v) is 11.8. The molecule has 0 spiro atoms. The van der Waals surface area contributed by atoms with E-state index >= 15 is 0 Å². The average molecular weight is 477 g/mol. The molecule has 0 aromatic heterocycles. The van der Waals surface area contributed by atoms with Gasteiger partial charge in [0, 0.05) is 13.1 Å². The molecule has 34 heavy (non-hydrogen) atoms. The molecule has 9 heteroatoms. The lowest BCUT2D eigenvalue weighted by atomic mass is 10.0. The van der Waals surface area contributed by atoms with Gasteiger partial charge in [-0.2, -0.15) is 0 Å². The van der Waals surface area contributed by atoms with Crippen LogP contribution in [0.4, 0.5) is 4.79 Å². The maximum Gasteiger partial charge on any atom is 0.408 e. The summed E-state index contributed by atoms with van der Waals surface area (Å²) >= 11 is 0. The van der Waals surface area contributed by atoms with Crippen LogP contribution in [-0.4, -0.2) is 53.4 Å². The zero-order valence-electron chi connectivity index (χ0n) is 21.3. The van der Waals surface area contributed by atoms with E-state index < -0.39 is 42.0 Å². The highest BCUT2D eigenvalue weighted by atomic mass is 16.6. The second kappa shape index (κ2) is 13.6. The van der Waals surface area contributed by atoms with Crippen LogP contribution in [0.2, 0.25) is 0 Å². The Morgan fingerprint density at radius 1 is 1.06 bits per heavy atom. The smallest absolute Gasteiger partial charge is 0.408 e. The number of carbonyl (C=O) groups is 4. The third-order valence-electron chi connectivity index (χ3n) is 4.92. The number of nitrogens with one attached hydrogen (secondary N) is 2. The van der Waals surface area contributed by atoms with E-state index in [0.717, 1.165) is 18.4 Å². The minimum Gasteiger partial charge on any atom is -0.444 e. The largest absolute Gasteiger partial charge is 0.444 e. The summed E-state index contributed by atoms with van der Waals surface area (Å²) in [5.74, 6) is -1.66. The summed E-state index contributed by atoms with van der Waals surface area (Å²) in [6.07, 6.45) is 1.01. The Kier molecular flexibility index (Phi) is 11.5. The van der Waals surface area contributed by atoms with E-state index in [1.165, 1.54) is 4.90 Å². The SMILES string of the molecule is CCCCNC(=O)C(c1ccc(C)cc1)N(CCC)C(=O)C(CC(N)=O)NC(=O)OC(C)(C)C. The number of rotatable bonds is 12. The molecule has 0 heterocycles. The molecule has 1 aromatic rings. The number of aryl methyl sites for hydroxylation is 1. The van der Waals surface area contributed by atoms with Crippen LogP contribution in [0.25, 0.3) is 0 Å². The Morgan fingerprint density at radius 3 is 2.18 bits per heavy atom. The van der Waals surface area contributed by atoms with E-state index in [1.54, 1.807) is 32.9 Å². The minimum atomic E-state index is -1.27. The molecule has 9 nitrogen and oxygen atoms in total. The molecule has 0 saturated heterocycles. The van der Waals surface area contributed by atoms with Crippen molar-refractivity contribution in [1.82, 2.24) is 15.5 Å². The number of hydrogen-bond donors (Lipinski definition) is 3. The molecular formula is C25H40N4O5. The van der Waals surface area contributed by atoms with Crippen LogP contribution >= 0.6 is 0 Å². The van der Waals surface area contributed by atoms with E-state index in [0.29, 0.717) is 18.5 Å². The number of amides is 4. The summed E-state index contributed by atoms with van der Waals surface area (Å²) < 4.78 is 5.26. The molecule has 2 atom stereocenters. The lowest BCUT2D eigenvalue weighted by Gasteiger charge is -2.34. The van der Waals surface area contributed by atoms with Crippen LogP contribution in [-0.2, 0) is 19.1 Å². The van der Waals surface area contributed by atoms with E-state index in [9.17, 15) is 19.2 Å². The van der Waals surface area contributed by atoms with Crippen molar-refractivity contribution in [3.63, 3.8) is 0 Å². The van der Waals surface area contributed by atoms with E-state index in [2.05, 4.69) is 10.6 Å². The highest BCUT2D eigenvalue weighted by Crippen LogP contribution is 2.24. The van der Waals surface area contributed by atoms with Crippen LogP contribution in [0, 0.1) is 6.92 Å². The third-order valence-corrected chi connectivity index (χ3v) is 4.92. The van der Waals surface area contributed by atoms with Crippen molar-refractivity contribution >= 4 is 23.8 Å². The molecule has 0 radical (unpaired) electrons. The second-order valence-electron chi connectivity index (χ2n) is 9.36. The predicted molar refractivity (Wildman–Crippen MR) is 131 cm³/mol. The van der Waals surface area contributed by atoms with Crippen LogP contribution in [0.15, 0.2) is 24.3 Å². The number of ether oxygens (including phenoxy) is 1. The molecule has 190 valence electrons. The number of hydrogen-bond acceptors (Lipinski definition) is 5. The van der Waals surface area contributed by atoms with Gasteiger partial charge in [0.05, 0.1) is 6.42 Å². The Hall–Kier alpha value is -3.10. The number of carbonyl (C=O) groups excluding carboxylic acids is 4. The first-order chi connectivity index (χ1) is 15.9. The maximum absolute atomic E-state index is 13.7. The van der Waals surface area contributed by atoms with Crippen molar-refractivity contribution in [2.45, 2.75) is 84.9 Å². The summed E-state index contributed by atoms with van der Waals surface area (Å²) in [5, 5.41) is 5.37. The Bertz CT molecular complexity index is 833. The molecule has 0 aliphatic rings. The molecule has 0 aliphatic carbocycles. The molecule has 0 fully saturated rings. The molecule has 0 bridgehead atoms. The van der Waals surface area contributed by atoms with Crippen LogP contribution in [0.1, 0.15) is 77.5 Å². The van der Waals surface area contributed by atoms with E-state index in [-0.39, 0.29) is 12.5 Å². The highest BCUT2D eigenvalue weighted by Gasteiger charge is 2.36. The quantitative estimate of drug-likeness (QED) is 0.399. The van der Waals surface area contributed by atoms with Crippen molar-refractivity contribution in [3.8, 4) is 0 Å². The Labute approximate surface area is 202 Å². The van der Waals surface area contributed by atoms with Crippen molar-refractivity contribution < 1.29 is 23.9 Å². The van der Waals surface area contributed by atoms with Crippen molar-refractivity contribution in [2.75, 3.05) is 13.1 Å². The number of nitrogens with two attached hydrogens (primary N) is 1. The van der Waals surface area contributed by atoms with Gasteiger partial charge >= 0.3 is 6.09 Å². The standard InChI is InChI=1S/C25H40N4O5/c1-7-9-14-27-22(31)21(18-12-10-17(3)11-13-18)29(15-8-2)23(32)19(16-20(26)30)28-24(33)34-25(4,5)6/h10-13,19,21H,7-9,14-16H2,1-6H3,(H2,26,30)(H,27,31)(H,28,33). The van der Waals surface area contributed by atoms with E-state index in [1.807, 2.05) is 32.9 Å². The zero-order chi connectivity index (χ0) is 25.9. The lowest BCUT2D eigenvalue weighted by molar-refractivity contribution is -0.143. The first kappa shape index (κ1) is 28.9. The van der Waals surface area contributed by atoms with Gasteiger partial charge in [0.15, 0.2) is 0 Å².